The smallest absolute Gasteiger partial charge is 0.313 e. The van der Waals surface area contributed by atoms with Crippen LogP contribution in [0, 0.1) is 10.8 Å². The third-order valence-corrected chi connectivity index (χ3v) is 5.96. The summed E-state index contributed by atoms with van der Waals surface area (Å²) < 4.78 is 11.1. The van der Waals surface area contributed by atoms with Gasteiger partial charge in [0.1, 0.15) is 0 Å². The lowest BCUT2D eigenvalue weighted by atomic mass is 9.66. The maximum absolute atomic E-state index is 12.6. The van der Waals surface area contributed by atoms with Crippen LogP contribution in [0.1, 0.15) is 46.5 Å². The van der Waals surface area contributed by atoms with Crippen LogP contribution in [-0.2, 0) is 19.1 Å². The Hall–Kier alpha value is -1.10. The highest BCUT2D eigenvalue weighted by molar-refractivity contribution is 5.96. The van der Waals surface area contributed by atoms with E-state index in [2.05, 4.69) is 5.32 Å². The summed E-state index contributed by atoms with van der Waals surface area (Å²) in [5.41, 5.74) is -2.02. The lowest BCUT2D eigenvalue weighted by Crippen LogP contribution is -2.54. The first kappa shape index (κ1) is 13.9. The van der Waals surface area contributed by atoms with Crippen LogP contribution in [0.5, 0.6) is 0 Å². The summed E-state index contributed by atoms with van der Waals surface area (Å²) in [7, 11) is 0. The molecule has 3 aliphatic rings. The van der Waals surface area contributed by atoms with Gasteiger partial charge in [-0.2, -0.15) is 0 Å². The van der Waals surface area contributed by atoms with Gasteiger partial charge in [0.05, 0.1) is 11.5 Å². The van der Waals surface area contributed by atoms with Gasteiger partial charge in [-0.25, -0.2) is 0 Å². The summed E-state index contributed by atoms with van der Waals surface area (Å²) in [5.74, 6) is -0.395. The average Bonchev–Trinajstić information content (AvgIpc) is 3.01. The van der Waals surface area contributed by atoms with Crippen molar-refractivity contribution < 1.29 is 19.1 Å². The molecule has 1 aliphatic carbocycles. The normalized spacial score (nSPS) is 41.8. The highest BCUT2D eigenvalue weighted by Crippen LogP contribution is 2.65. The highest BCUT2D eigenvalue weighted by atomic mass is 16.6. The van der Waals surface area contributed by atoms with Gasteiger partial charge in [0.2, 0.25) is 0 Å². The Labute approximate surface area is 119 Å². The number of nitrogens with one attached hydrogen (secondary N) is 1. The van der Waals surface area contributed by atoms with E-state index in [4.69, 9.17) is 9.47 Å². The van der Waals surface area contributed by atoms with E-state index < -0.39 is 16.4 Å². The number of hydrogen-bond donors (Lipinski definition) is 1. The van der Waals surface area contributed by atoms with Crippen LogP contribution in [0.25, 0.3) is 0 Å². The Kier molecular flexibility index (Phi) is 2.91. The summed E-state index contributed by atoms with van der Waals surface area (Å²) in [4.78, 5) is 24.8. The van der Waals surface area contributed by atoms with Crippen LogP contribution in [-0.4, -0.2) is 36.7 Å². The molecule has 112 valence electrons. The molecule has 2 bridgehead atoms. The van der Waals surface area contributed by atoms with Crippen molar-refractivity contribution in [1.82, 2.24) is 5.32 Å². The predicted molar refractivity (Wildman–Crippen MR) is 71.9 cm³/mol. The highest BCUT2D eigenvalue weighted by Gasteiger charge is 2.75. The first-order valence-electron chi connectivity index (χ1n) is 7.47. The predicted octanol–water partition coefficient (Wildman–Crippen LogP) is 1.40. The molecule has 0 spiro atoms. The van der Waals surface area contributed by atoms with Gasteiger partial charge in [-0.05, 0) is 32.6 Å². The number of amides is 1. The van der Waals surface area contributed by atoms with Gasteiger partial charge in [-0.3, -0.25) is 9.59 Å². The Balaban J connectivity index is 1.75. The van der Waals surface area contributed by atoms with E-state index in [9.17, 15) is 9.59 Å². The lowest BCUT2D eigenvalue weighted by molar-refractivity contribution is -0.168. The molecule has 3 atom stereocenters. The van der Waals surface area contributed by atoms with Crippen molar-refractivity contribution in [3.63, 3.8) is 0 Å². The SMILES string of the molecule is CC1(C)[C@@]2(C)CC[C@@]1(C(=O)NC[C@@H]1CCCO1)OC2=O. The van der Waals surface area contributed by atoms with Crippen molar-refractivity contribution in [2.75, 3.05) is 13.2 Å². The molecule has 5 nitrogen and oxygen atoms in total. The molecule has 0 aromatic carbocycles. The average molecular weight is 281 g/mol. The monoisotopic (exact) mass is 281 g/mol. The molecule has 3 rings (SSSR count). The van der Waals surface area contributed by atoms with Gasteiger partial charge in [0, 0.05) is 18.6 Å². The van der Waals surface area contributed by atoms with Crippen LogP contribution >= 0.6 is 0 Å². The number of fused-ring (bicyclic) bond motifs is 2. The molecule has 0 unspecified atom stereocenters. The first-order valence-corrected chi connectivity index (χ1v) is 7.47. The van der Waals surface area contributed by atoms with Crippen LogP contribution in [0.2, 0.25) is 0 Å². The van der Waals surface area contributed by atoms with Crippen molar-refractivity contribution in [3.8, 4) is 0 Å². The molecule has 5 heteroatoms. The third-order valence-electron chi connectivity index (χ3n) is 5.96. The number of carbonyl (C=O) groups excluding carboxylic acids is 2. The summed E-state index contributed by atoms with van der Waals surface area (Å²) in [5, 5.41) is 2.94. The standard InChI is InChI=1S/C15H23NO4/c1-13(2)14(3)6-7-15(13,20-12(14)18)11(17)16-9-10-5-4-8-19-10/h10H,4-9H2,1-3H3,(H,16,17)/t10-,14-,15-/m0/s1. The van der Waals surface area contributed by atoms with Crippen molar-refractivity contribution in [2.45, 2.75) is 58.2 Å². The summed E-state index contributed by atoms with van der Waals surface area (Å²) in [6, 6.07) is 0. The number of hydrogen-bond acceptors (Lipinski definition) is 4. The van der Waals surface area contributed by atoms with E-state index >= 15 is 0 Å². The molecule has 0 aromatic heterocycles. The van der Waals surface area contributed by atoms with Crippen molar-refractivity contribution >= 4 is 11.9 Å². The molecule has 20 heavy (non-hydrogen) atoms. The second kappa shape index (κ2) is 4.20. The minimum absolute atomic E-state index is 0.100. The Morgan fingerprint density at radius 2 is 2.10 bits per heavy atom. The molecule has 0 aromatic rings. The molecule has 3 fully saturated rings. The third kappa shape index (κ3) is 1.53. The van der Waals surface area contributed by atoms with Gasteiger partial charge < -0.3 is 14.8 Å². The Bertz CT molecular complexity index is 455. The van der Waals surface area contributed by atoms with Crippen molar-refractivity contribution in [3.05, 3.63) is 0 Å². The maximum Gasteiger partial charge on any atom is 0.313 e. The zero-order chi connectivity index (χ0) is 14.6. The van der Waals surface area contributed by atoms with E-state index in [1.165, 1.54) is 0 Å². The maximum atomic E-state index is 12.6. The molecule has 2 saturated heterocycles. The molecule has 2 aliphatic heterocycles. The fourth-order valence-electron chi connectivity index (χ4n) is 3.90. The number of ether oxygens (including phenoxy) is 2. The van der Waals surface area contributed by atoms with Crippen molar-refractivity contribution in [1.29, 1.82) is 0 Å². The second-order valence-electron chi connectivity index (χ2n) is 7.02. The molecular formula is C15H23NO4. The van der Waals surface area contributed by atoms with Crippen LogP contribution in [0.3, 0.4) is 0 Å². The zero-order valence-electron chi connectivity index (χ0n) is 12.5. The quantitative estimate of drug-likeness (QED) is 0.794. The van der Waals surface area contributed by atoms with E-state index in [1.807, 2.05) is 20.8 Å². The lowest BCUT2D eigenvalue weighted by Gasteiger charge is -2.35. The Morgan fingerprint density at radius 1 is 1.35 bits per heavy atom. The number of carbonyl (C=O) groups is 2. The van der Waals surface area contributed by atoms with Crippen LogP contribution in [0.4, 0.5) is 0 Å². The fraction of sp³-hybridized carbons (Fsp3) is 0.867. The number of rotatable bonds is 3. The summed E-state index contributed by atoms with van der Waals surface area (Å²) in [6.45, 7) is 7.12. The first-order chi connectivity index (χ1) is 9.33. The van der Waals surface area contributed by atoms with Gasteiger partial charge in [-0.1, -0.05) is 13.8 Å². The summed E-state index contributed by atoms with van der Waals surface area (Å²) >= 11 is 0. The van der Waals surface area contributed by atoms with E-state index in [0.29, 0.717) is 19.4 Å². The van der Waals surface area contributed by atoms with Crippen LogP contribution < -0.4 is 5.32 Å². The van der Waals surface area contributed by atoms with Gasteiger partial charge >= 0.3 is 5.97 Å². The van der Waals surface area contributed by atoms with E-state index in [1.54, 1.807) is 0 Å². The second-order valence-corrected chi connectivity index (χ2v) is 7.02. The fourth-order valence-corrected chi connectivity index (χ4v) is 3.90. The molecule has 2 heterocycles. The van der Waals surface area contributed by atoms with Gasteiger partial charge in [0.15, 0.2) is 5.60 Å². The minimum atomic E-state index is -1.00. The minimum Gasteiger partial charge on any atom is -0.448 e. The Morgan fingerprint density at radius 3 is 2.60 bits per heavy atom. The van der Waals surface area contributed by atoms with Crippen LogP contribution in [0.15, 0.2) is 0 Å². The number of esters is 1. The molecular weight excluding hydrogens is 258 g/mol. The van der Waals surface area contributed by atoms with E-state index in [0.717, 1.165) is 19.4 Å². The van der Waals surface area contributed by atoms with Gasteiger partial charge in [0.25, 0.3) is 5.91 Å². The molecule has 1 N–H and O–H groups in total. The topological polar surface area (TPSA) is 64.6 Å². The summed E-state index contributed by atoms with van der Waals surface area (Å²) in [6.07, 6.45) is 3.45. The zero-order valence-corrected chi connectivity index (χ0v) is 12.5. The van der Waals surface area contributed by atoms with E-state index in [-0.39, 0.29) is 18.0 Å². The molecule has 0 radical (unpaired) electrons. The molecule has 1 saturated carbocycles. The van der Waals surface area contributed by atoms with Gasteiger partial charge in [-0.15, -0.1) is 0 Å². The van der Waals surface area contributed by atoms with Crippen molar-refractivity contribution in [2.24, 2.45) is 10.8 Å². The molecule has 1 amide bonds. The largest absolute Gasteiger partial charge is 0.448 e.